The lowest BCUT2D eigenvalue weighted by atomic mass is 10.1. The van der Waals surface area contributed by atoms with E-state index in [1.807, 2.05) is 38.1 Å². The maximum absolute atomic E-state index is 11.5. The first-order valence-corrected chi connectivity index (χ1v) is 10.2. The Balaban J connectivity index is 1.63. The van der Waals surface area contributed by atoms with E-state index in [9.17, 15) is 4.79 Å². The van der Waals surface area contributed by atoms with Crippen molar-refractivity contribution in [2.45, 2.75) is 27.4 Å². The van der Waals surface area contributed by atoms with E-state index in [1.54, 1.807) is 43.5 Å². The topological polar surface area (TPSA) is 81.4 Å². The molecule has 0 spiro atoms. The van der Waals surface area contributed by atoms with Gasteiger partial charge in [0.25, 0.3) is 0 Å². The Morgan fingerprint density at radius 2 is 1.81 bits per heavy atom. The van der Waals surface area contributed by atoms with Crippen molar-refractivity contribution in [3.8, 4) is 23.4 Å². The zero-order valence-corrected chi connectivity index (χ0v) is 18.3. The highest BCUT2D eigenvalue weighted by atomic mass is 16.5. The van der Waals surface area contributed by atoms with Crippen molar-refractivity contribution in [1.82, 2.24) is 4.98 Å². The van der Waals surface area contributed by atoms with E-state index in [2.05, 4.69) is 11.1 Å². The van der Waals surface area contributed by atoms with E-state index in [0.717, 1.165) is 28.0 Å². The molecular weight excluding hydrogens is 404 g/mol. The number of esters is 1. The number of ether oxygens (including phenoxy) is 3. The fraction of sp³-hybridized carbons (Fsp3) is 0.192. The van der Waals surface area contributed by atoms with Gasteiger partial charge in [0.15, 0.2) is 0 Å². The fourth-order valence-corrected chi connectivity index (χ4v) is 3.05. The van der Waals surface area contributed by atoms with E-state index < -0.39 is 0 Å². The summed E-state index contributed by atoms with van der Waals surface area (Å²) in [6, 6.07) is 16.8. The van der Waals surface area contributed by atoms with Gasteiger partial charge in [-0.1, -0.05) is 12.1 Å². The lowest BCUT2D eigenvalue weighted by Crippen LogP contribution is -1.99. The van der Waals surface area contributed by atoms with Gasteiger partial charge in [0.05, 0.1) is 24.4 Å². The average molecular weight is 428 g/mol. The van der Waals surface area contributed by atoms with Gasteiger partial charge in [-0.2, -0.15) is 5.26 Å². The molecule has 0 amide bonds. The van der Waals surface area contributed by atoms with Crippen LogP contribution in [0.3, 0.4) is 0 Å². The Hall–Kier alpha value is -4.11. The second-order valence-electron chi connectivity index (χ2n) is 7.10. The maximum Gasteiger partial charge on any atom is 0.330 e. The highest BCUT2D eigenvalue weighted by Gasteiger charge is 2.09. The highest BCUT2D eigenvalue weighted by molar-refractivity contribution is 5.87. The number of carbonyl (C=O) groups excluding carboxylic acids is 1. The minimum atomic E-state index is -0.367. The highest BCUT2D eigenvalue weighted by Crippen LogP contribution is 2.30. The van der Waals surface area contributed by atoms with Gasteiger partial charge in [0.1, 0.15) is 18.1 Å². The van der Waals surface area contributed by atoms with E-state index in [1.165, 1.54) is 6.08 Å². The van der Waals surface area contributed by atoms with Crippen LogP contribution in [0.1, 0.15) is 34.7 Å². The second-order valence-corrected chi connectivity index (χ2v) is 7.10. The van der Waals surface area contributed by atoms with Crippen molar-refractivity contribution in [2.24, 2.45) is 0 Å². The van der Waals surface area contributed by atoms with Gasteiger partial charge in [-0.05, 0) is 79.4 Å². The standard InChI is InChI=1S/C26H24N2O4/c1-4-30-25(29)12-9-22-13-18(2)26(19(3)14-22)32-24-11-10-23(16-28-24)31-17-21-7-5-20(15-27)6-8-21/h5-14,16H,4,17H2,1-3H3. The second kappa shape index (κ2) is 10.8. The molecule has 0 aliphatic heterocycles. The quantitative estimate of drug-likeness (QED) is 0.347. The molecule has 1 heterocycles. The first kappa shape index (κ1) is 22.6. The summed E-state index contributed by atoms with van der Waals surface area (Å²) in [5.41, 5.74) is 4.33. The number of aromatic nitrogens is 1. The molecule has 0 bridgehead atoms. The Labute approximate surface area is 187 Å². The lowest BCUT2D eigenvalue weighted by molar-refractivity contribution is -0.137. The van der Waals surface area contributed by atoms with Crippen molar-refractivity contribution >= 4 is 12.0 Å². The molecule has 0 aliphatic rings. The smallest absolute Gasteiger partial charge is 0.330 e. The summed E-state index contributed by atoms with van der Waals surface area (Å²) >= 11 is 0. The largest absolute Gasteiger partial charge is 0.487 e. The van der Waals surface area contributed by atoms with E-state index >= 15 is 0 Å². The molecule has 2 aromatic carbocycles. The molecule has 0 atom stereocenters. The van der Waals surface area contributed by atoms with Crippen molar-refractivity contribution in [3.05, 3.63) is 88.6 Å². The molecule has 3 aromatic rings. The minimum absolute atomic E-state index is 0.347. The fourth-order valence-electron chi connectivity index (χ4n) is 3.05. The number of nitriles is 1. The number of hydrogen-bond acceptors (Lipinski definition) is 6. The van der Waals surface area contributed by atoms with Crippen LogP contribution in [0.15, 0.2) is 60.8 Å². The van der Waals surface area contributed by atoms with Gasteiger partial charge in [-0.3, -0.25) is 0 Å². The summed E-state index contributed by atoms with van der Waals surface area (Å²) in [4.78, 5) is 15.8. The monoisotopic (exact) mass is 428 g/mol. The van der Waals surface area contributed by atoms with E-state index in [-0.39, 0.29) is 5.97 Å². The van der Waals surface area contributed by atoms with Crippen LogP contribution < -0.4 is 9.47 Å². The van der Waals surface area contributed by atoms with Crippen molar-refractivity contribution in [2.75, 3.05) is 6.61 Å². The van der Waals surface area contributed by atoms with Crippen molar-refractivity contribution in [3.63, 3.8) is 0 Å². The summed E-state index contributed by atoms with van der Waals surface area (Å²) < 4.78 is 16.6. The Bertz CT molecular complexity index is 1120. The van der Waals surface area contributed by atoms with Crippen LogP contribution in [0.5, 0.6) is 17.4 Å². The number of hydrogen-bond donors (Lipinski definition) is 0. The third-order valence-corrected chi connectivity index (χ3v) is 4.59. The Morgan fingerprint density at radius 3 is 2.41 bits per heavy atom. The number of nitrogens with zero attached hydrogens (tertiary/aromatic N) is 2. The van der Waals surface area contributed by atoms with Gasteiger partial charge in [0, 0.05) is 12.1 Å². The van der Waals surface area contributed by atoms with Crippen LogP contribution in [-0.2, 0) is 16.1 Å². The molecule has 0 saturated heterocycles. The number of benzene rings is 2. The molecule has 162 valence electrons. The molecule has 3 rings (SSSR count). The van der Waals surface area contributed by atoms with Crippen LogP contribution in [-0.4, -0.2) is 17.6 Å². The van der Waals surface area contributed by atoms with E-state index in [4.69, 9.17) is 19.5 Å². The normalized spacial score (nSPS) is 10.6. The molecular formula is C26H24N2O4. The number of rotatable bonds is 8. The average Bonchev–Trinajstić information content (AvgIpc) is 2.80. The van der Waals surface area contributed by atoms with Crippen LogP contribution in [0.2, 0.25) is 0 Å². The summed E-state index contributed by atoms with van der Waals surface area (Å²) in [5, 5.41) is 8.86. The molecule has 0 saturated carbocycles. The Kier molecular flexibility index (Phi) is 7.60. The van der Waals surface area contributed by atoms with Crippen molar-refractivity contribution < 1.29 is 19.0 Å². The molecule has 32 heavy (non-hydrogen) atoms. The minimum Gasteiger partial charge on any atom is -0.487 e. The molecule has 6 heteroatoms. The molecule has 0 N–H and O–H groups in total. The molecule has 1 aromatic heterocycles. The number of aryl methyl sites for hydroxylation is 2. The first-order valence-electron chi connectivity index (χ1n) is 10.2. The van der Waals surface area contributed by atoms with E-state index in [0.29, 0.717) is 30.4 Å². The zero-order chi connectivity index (χ0) is 22.9. The Morgan fingerprint density at radius 1 is 1.09 bits per heavy atom. The SMILES string of the molecule is CCOC(=O)C=Cc1cc(C)c(Oc2ccc(OCc3ccc(C#N)cc3)cn2)c(C)c1. The third kappa shape index (κ3) is 6.19. The van der Waals surface area contributed by atoms with Crippen LogP contribution >= 0.6 is 0 Å². The van der Waals surface area contributed by atoms with Crippen LogP contribution in [0, 0.1) is 25.2 Å². The molecule has 0 radical (unpaired) electrons. The number of pyridine rings is 1. The van der Waals surface area contributed by atoms with Crippen LogP contribution in [0.4, 0.5) is 0 Å². The summed E-state index contributed by atoms with van der Waals surface area (Å²) in [7, 11) is 0. The first-order chi connectivity index (χ1) is 15.5. The van der Waals surface area contributed by atoms with Gasteiger partial charge >= 0.3 is 5.97 Å². The van der Waals surface area contributed by atoms with Gasteiger partial charge in [-0.25, -0.2) is 9.78 Å². The van der Waals surface area contributed by atoms with Crippen LogP contribution in [0.25, 0.3) is 6.08 Å². The molecule has 0 aliphatic carbocycles. The predicted octanol–water partition coefficient (Wildman–Crippen LogP) is 5.52. The van der Waals surface area contributed by atoms with Gasteiger partial charge in [-0.15, -0.1) is 0 Å². The summed E-state index contributed by atoms with van der Waals surface area (Å²) in [5.74, 6) is 1.43. The predicted molar refractivity (Wildman–Crippen MR) is 121 cm³/mol. The lowest BCUT2D eigenvalue weighted by Gasteiger charge is -2.13. The molecule has 6 nitrogen and oxygen atoms in total. The zero-order valence-electron chi connectivity index (χ0n) is 18.3. The molecule has 0 unspecified atom stereocenters. The van der Waals surface area contributed by atoms with Gasteiger partial charge in [0.2, 0.25) is 5.88 Å². The van der Waals surface area contributed by atoms with Gasteiger partial charge < -0.3 is 14.2 Å². The summed E-state index contributed by atoms with van der Waals surface area (Å²) in [6.07, 6.45) is 4.75. The maximum atomic E-state index is 11.5. The van der Waals surface area contributed by atoms with Crippen molar-refractivity contribution in [1.29, 1.82) is 5.26 Å². The molecule has 0 fully saturated rings. The number of carbonyl (C=O) groups is 1. The summed E-state index contributed by atoms with van der Waals surface area (Å²) in [6.45, 7) is 6.39. The third-order valence-electron chi connectivity index (χ3n) is 4.59.